The lowest BCUT2D eigenvalue weighted by atomic mass is 9.81. The molecule has 40 heavy (non-hydrogen) atoms. The standard InChI is InChI=1S/C31H33ClN4O4/c1-36(2)17-8-18-40-27-19-21(11-13-25(27)32)28-24(23-10-5-4-9-22(23)20-33)12-14-26(34-28)29(37)35-31(30(38)39)15-6-3-7-16-31/h4-5,9-14,19H,3,6-8,15-18H2,1-2H3,(H,35,37)(H,38,39). The molecular weight excluding hydrogens is 528 g/mol. The number of carbonyl (C=O) groups excluding carboxylic acids is 1. The van der Waals surface area contributed by atoms with Gasteiger partial charge in [-0.25, -0.2) is 9.78 Å². The minimum atomic E-state index is -1.31. The summed E-state index contributed by atoms with van der Waals surface area (Å²) in [6.45, 7) is 1.33. The summed E-state index contributed by atoms with van der Waals surface area (Å²) < 4.78 is 5.97. The van der Waals surface area contributed by atoms with Crippen LogP contribution in [-0.4, -0.2) is 59.7 Å². The van der Waals surface area contributed by atoms with E-state index in [1.54, 1.807) is 42.5 Å². The Morgan fingerprint density at radius 2 is 1.85 bits per heavy atom. The van der Waals surface area contributed by atoms with Crippen LogP contribution in [0.4, 0.5) is 0 Å². The van der Waals surface area contributed by atoms with E-state index in [2.05, 4.69) is 16.3 Å². The normalized spacial score (nSPS) is 14.4. The number of aromatic nitrogens is 1. The first-order chi connectivity index (χ1) is 19.2. The van der Waals surface area contributed by atoms with Crippen molar-refractivity contribution in [2.24, 2.45) is 0 Å². The predicted molar refractivity (Wildman–Crippen MR) is 154 cm³/mol. The Morgan fingerprint density at radius 1 is 1.10 bits per heavy atom. The summed E-state index contributed by atoms with van der Waals surface area (Å²) in [6, 6.07) is 18.0. The first kappa shape index (κ1) is 29.1. The average molecular weight is 561 g/mol. The van der Waals surface area contributed by atoms with Gasteiger partial charge in [-0.05, 0) is 63.7 Å². The molecule has 0 atom stereocenters. The first-order valence-corrected chi connectivity index (χ1v) is 13.8. The zero-order chi connectivity index (χ0) is 28.7. The third-order valence-electron chi connectivity index (χ3n) is 7.15. The van der Waals surface area contributed by atoms with Crippen molar-refractivity contribution in [1.82, 2.24) is 15.2 Å². The molecule has 9 heteroatoms. The summed E-state index contributed by atoms with van der Waals surface area (Å²) in [7, 11) is 3.99. The molecule has 2 aromatic carbocycles. The van der Waals surface area contributed by atoms with Gasteiger partial charge in [-0.3, -0.25) is 4.79 Å². The van der Waals surface area contributed by atoms with Gasteiger partial charge >= 0.3 is 5.97 Å². The van der Waals surface area contributed by atoms with Gasteiger partial charge in [-0.1, -0.05) is 55.1 Å². The molecule has 1 aliphatic carbocycles. The summed E-state index contributed by atoms with van der Waals surface area (Å²) in [5.41, 5.74) is 1.66. The molecule has 0 bridgehead atoms. The number of carboxylic acid groups (broad SMARTS) is 1. The van der Waals surface area contributed by atoms with E-state index in [-0.39, 0.29) is 5.69 Å². The number of nitrogens with one attached hydrogen (secondary N) is 1. The summed E-state index contributed by atoms with van der Waals surface area (Å²) in [6.07, 6.45) is 3.97. The van der Waals surface area contributed by atoms with Crippen LogP contribution in [-0.2, 0) is 4.79 Å². The molecule has 1 fully saturated rings. The van der Waals surface area contributed by atoms with Crippen molar-refractivity contribution < 1.29 is 19.4 Å². The Labute approximate surface area is 239 Å². The number of amides is 1. The molecule has 1 saturated carbocycles. The molecule has 208 valence electrons. The molecule has 0 saturated heterocycles. The highest BCUT2D eigenvalue weighted by molar-refractivity contribution is 6.32. The van der Waals surface area contributed by atoms with Crippen molar-refractivity contribution >= 4 is 23.5 Å². The van der Waals surface area contributed by atoms with Crippen LogP contribution < -0.4 is 10.1 Å². The van der Waals surface area contributed by atoms with Gasteiger partial charge in [0.05, 0.1) is 29.0 Å². The summed E-state index contributed by atoms with van der Waals surface area (Å²) in [5.74, 6) is -1.10. The lowest BCUT2D eigenvalue weighted by molar-refractivity contribution is -0.145. The van der Waals surface area contributed by atoms with Gasteiger partial charge in [0.1, 0.15) is 17.0 Å². The van der Waals surface area contributed by atoms with E-state index in [1.165, 1.54) is 0 Å². The molecule has 1 heterocycles. The Hall–Kier alpha value is -3.93. The third-order valence-corrected chi connectivity index (χ3v) is 7.46. The van der Waals surface area contributed by atoms with Crippen molar-refractivity contribution in [3.63, 3.8) is 0 Å². The zero-order valence-corrected chi connectivity index (χ0v) is 23.5. The van der Waals surface area contributed by atoms with Crippen molar-refractivity contribution in [3.05, 3.63) is 70.9 Å². The van der Waals surface area contributed by atoms with Gasteiger partial charge in [-0.2, -0.15) is 5.26 Å². The quantitative estimate of drug-likeness (QED) is 0.301. The topological polar surface area (TPSA) is 116 Å². The van der Waals surface area contributed by atoms with Gasteiger partial charge in [-0.15, -0.1) is 0 Å². The van der Waals surface area contributed by atoms with Crippen molar-refractivity contribution in [3.8, 4) is 34.2 Å². The van der Waals surface area contributed by atoms with E-state index in [9.17, 15) is 20.0 Å². The van der Waals surface area contributed by atoms with Gasteiger partial charge in [0.2, 0.25) is 0 Å². The number of nitriles is 1. The maximum Gasteiger partial charge on any atom is 0.329 e. The fraction of sp³-hybridized carbons (Fsp3) is 0.355. The Kier molecular flexibility index (Phi) is 9.41. The minimum Gasteiger partial charge on any atom is -0.492 e. The number of halogens is 1. The fourth-order valence-electron chi connectivity index (χ4n) is 4.99. The molecule has 1 amide bonds. The van der Waals surface area contributed by atoms with Crippen molar-refractivity contribution in [1.29, 1.82) is 5.26 Å². The molecule has 0 radical (unpaired) electrons. The Morgan fingerprint density at radius 3 is 2.55 bits per heavy atom. The molecular formula is C31H33ClN4O4. The summed E-state index contributed by atoms with van der Waals surface area (Å²) in [4.78, 5) is 32.3. The number of hydrogen-bond donors (Lipinski definition) is 2. The number of hydrogen-bond acceptors (Lipinski definition) is 6. The van der Waals surface area contributed by atoms with Gasteiger partial charge < -0.3 is 20.1 Å². The largest absolute Gasteiger partial charge is 0.492 e. The highest BCUT2D eigenvalue weighted by atomic mass is 35.5. The molecule has 8 nitrogen and oxygen atoms in total. The fourth-order valence-corrected chi connectivity index (χ4v) is 5.16. The number of carbonyl (C=O) groups is 2. The van der Waals surface area contributed by atoms with Crippen LogP contribution in [0.15, 0.2) is 54.6 Å². The van der Waals surface area contributed by atoms with Crippen LogP contribution in [0, 0.1) is 11.3 Å². The van der Waals surface area contributed by atoms with E-state index in [0.717, 1.165) is 32.2 Å². The number of aliphatic carboxylic acids is 1. The maximum absolute atomic E-state index is 13.4. The van der Waals surface area contributed by atoms with Crippen LogP contribution in [0.5, 0.6) is 5.75 Å². The third kappa shape index (κ3) is 6.61. The van der Waals surface area contributed by atoms with Crippen molar-refractivity contribution in [2.45, 2.75) is 44.1 Å². The number of pyridine rings is 1. The second kappa shape index (κ2) is 12.9. The lowest BCUT2D eigenvalue weighted by Crippen LogP contribution is -2.55. The Bertz CT molecular complexity index is 1430. The van der Waals surface area contributed by atoms with E-state index >= 15 is 0 Å². The molecule has 1 aliphatic rings. The highest BCUT2D eigenvalue weighted by Gasteiger charge is 2.41. The molecule has 3 aromatic rings. The molecule has 0 unspecified atom stereocenters. The number of benzene rings is 2. The van der Waals surface area contributed by atoms with E-state index in [0.29, 0.717) is 58.2 Å². The number of ether oxygens (including phenoxy) is 1. The molecule has 0 spiro atoms. The smallest absolute Gasteiger partial charge is 0.329 e. The second-order valence-electron chi connectivity index (χ2n) is 10.3. The van der Waals surface area contributed by atoms with Crippen LogP contribution in [0.3, 0.4) is 0 Å². The molecule has 1 aromatic heterocycles. The molecule has 2 N–H and O–H groups in total. The SMILES string of the molecule is CN(C)CCCOc1cc(-c2nc(C(=O)NC3(C(=O)O)CCCCC3)ccc2-c2ccccc2C#N)ccc1Cl. The number of nitrogens with zero attached hydrogens (tertiary/aromatic N) is 3. The van der Waals surface area contributed by atoms with Crippen LogP contribution in [0.2, 0.25) is 5.02 Å². The average Bonchev–Trinajstić information content (AvgIpc) is 2.96. The van der Waals surface area contributed by atoms with Gasteiger partial charge in [0.15, 0.2) is 0 Å². The first-order valence-electron chi connectivity index (χ1n) is 13.4. The maximum atomic E-state index is 13.4. The summed E-state index contributed by atoms with van der Waals surface area (Å²) in [5, 5.41) is 22.9. The number of carboxylic acids is 1. The lowest BCUT2D eigenvalue weighted by Gasteiger charge is -2.33. The van der Waals surface area contributed by atoms with Crippen LogP contribution in [0.25, 0.3) is 22.4 Å². The van der Waals surface area contributed by atoms with Crippen molar-refractivity contribution in [2.75, 3.05) is 27.2 Å². The monoisotopic (exact) mass is 560 g/mol. The van der Waals surface area contributed by atoms with E-state index < -0.39 is 17.4 Å². The second-order valence-corrected chi connectivity index (χ2v) is 10.7. The van der Waals surface area contributed by atoms with Crippen LogP contribution >= 0.6 is 11.6 Å². The highest BCUT2D eigenvalue weighted by Crippen LogP contribution is 2.37. The minimum absolute atomic E-state index is 0.0859. The van der Waals surface area contributed by atoms with Gasteiger partial charge in [0, 0.05) is 23.2 Å². The molecule has 0 aliphatic heterocycles. The van der Waals surface area contributed by atoms with E-state index in [1.807, 2.05) is 26.2 Å². The van der Waals surface area contributed by atoms with E-state index in [4.69, 9.17) is 21.3 Å². The van der Waals surface area contributed by atoms with Gasteiger partial charge in [0.25, 0.3) is 5.91 Å². The Balaban J connectivity index is 1.75. The summed E-state index contributed by atoms with van der Waals surface area (Å²) >= 11 is 6.45. The van der Waals surface area contributed by atoms with Crippen LogP contribution in [0.1, 0.15) is 54.6 Å². The predicted octanol–water partition coefficient (Wildman–Crippen LogP) is 5.79. The zero-order valence-electron chi connectivity index (χ0n) is 22.7. The number of rotatable bonds is 10. The molecule has 4 rings (SSSR count).